The van der Waals surface area contributed by atoms with Crippen LogP contribution in [-0.4, -0.2) is 30.1 Å². The number of carbonyl (C=O) groups excluding carboxylic acids is 1. The zero-order valence-electron chi connectivity index (χ0n) is 9.91. The number of carboxylic acids is 1. The zero-order valence-corrected chi connectivity index (χ0v) is 9.91. The van der Waals surface area contributed by atoms with Gasteiger partial charge >= 0.3 is 5.97 Å². The van der Waals surface area contributed by atoms with E-state index in [-0.39, 0.29) is 11.5 Å². The van der Waals surface area contributed by atoms with E-state index < -0.39 is 5.97 Å². The number of hydrogen-bond donors (Lipinski definition) is 3. The summed E-state index contributed by atoms with van der Waals surface area (Å²) >= 11 is 0. The van der Waals surface area contributed by atoms with E-state index in [0.717, 1.165) is 5.56 Å². The van der Waals surface area contributed by atoms with Crippen molar-refractivity contribution >= 4 is 17.6 Å². The first-order chi connectivity index (χ1) is 8.00. The highest BCUT2D eigenvalue weighted by molar-refractivity contribution is 5.94. The highest BCUT2D eigenvalue weighted by atomic mass is 16.4. The van der Waals surface area contributed by atoms with Crippen molar-refractivity contribution in [2.45, 2.75) is 13.8 Å². The predicted octanol–water partition coefficient (Wildman–Crippen LogP) is 1.24. The third-order valence-corrected chi connectivity index (χ3v) is 2.22. The molecule has 1 aromatic carbocycles. The molecule has 0 aromatic heterocycles. The topological polar surface area (TPSA) is 78.4 Å². The maximum Gasteiger partial charge on any atom is 0.337 e. The first-order valence-electron chi connectivity index (χ1n) is 5.33. The lowest BCUT2D eigenvalue weighted by molar-refractivity contribution is -0.118. The average Bonchev–Trinajstić information content (AvgIpc) is 2.23. The maximum absolute atomic E-state index is 11.0. The van der Waals surface area contributed by atoms with E-state index in [9.17, 15) is 9.59 Å². The Kier molecular flexibility index (Phi) is 4.51. The highest BCUT2D eigenvalue weighted by Crippen LogP contribution is 2.17. The number of carbonyl (C=O) groups is 2. The number of aryl methyl sites for hydroxylation is 1. The largest absolute Gasteiger partial charge is 0.478 e. The molecule has 1 aromatic rings. The molecule has 5 heteroatoms. The second-order valence-corrected chi connectivity index (χ2v) is 3.76. The minimum absolute atomic E-state index is 0.102. The summed E-state index contributed by atoms with van der Waals surface area (Å²) in [5.41, 5.74) is 1.79. The van der Waals surface area contributed by atoms with Gasteiger partial charge < -0.3 is 15.7 Å². The maximum atomic E-state index is 11.0. The van der Waals surface area contributed by atoms with Crippen LogP contribution in [0.25, 0.3) is 0 Å². The summed E-state index contributed by atoms with van der Waals surface area (Å²) < 4.78 is 0. The Balaban J connectivity index is 2.65. The quantitative estimate of drug-likeness (QED) is 0.672. The Bertz CT molecular complexity index is 430. The van der Waals surface area contributed by atoms with Gasteiger partial charge in [0.05, 0.1) is 5.56 Å². The van der Waals surface area contributed by atoms with Gasteiger partial charge in [-0.15, -0.1) is 0 Å². The second kappa shape index (κ2) is 5.89. The van der Waals surface area contributed by atoms with E-state index >= 15 is 0 Å². The minimum Gasteiger partial charge on any atom is -0.478 e. The third-order valence-electron chi connectivity index (χ3n) is 2.22. The van der Waals surface area contributed by atoms with E-state index in [4.69, 9.17) is 5.11 Å². The molecule has 1 rings (SSSR count). The van der Waals surface area contributed by atoms with Gasteiger partial charge in [0.15, 0.2) is 0 Å². The first-order valence-corrected chi connectivity index (χ1v) is 5.33. The van der Waals surface area contributed by atoms with Crippen molar-refractivity contribution < 1.29 is 14.7 Å². The van der Waals surface area contributed by atoms with Crippen molar-refractivity contribution in [2.24, 2.45) is 0 Å². The standard InChI is InChI=1S/C12H16N2O3/c1-8-3-4-10(12(16)17)11(7-8)14-6-5-13-9(2)15/h3-4,7,14H,5-6H2,1-2H3,(H,13,15)(H,16,17). The lowest BCUT2D eigenvalue weighted by atomic mass is 10.1. The summed E-state index contributed by atoms with van der Waals surface area (Å²) in [4.78, 5) is 21.6. The molecule has 17 heavy (non-hydrogen) atoms. The van der Waals surface area contributed by atoms with E-state index in [1.54, 1.807) is 18.2 Å². The molecule has 0 aliphatic rings. The molecule has 92 valence electrons. The molecular weight excluding hydrogens is 220 g/mol. The van der Waals surface area contributed by atoms with Crippen molar-refractivity contribution in [1.82, 2.24) is 5.32 Å². The average molecular weight is 236 g/mol. The highest BCUT2D eigenvalue weighted by Gasteiger charge is 2.09. The van der Waals surface area contributed by atoms with Crippen LogP contribution < -0.4 is 10.6 Å². The summed E-state index contributed by atoms with van der Waals surface area (Å²) in [5.74, 6) is -1.07. The van der Waals surface area contributed by atoms with E-state index in [2.05, 4.69) is 10.6 Å². The number of hydrogen-bond acceptors (Lipinski definition) is 3. The molecule has 0 atom stereocenters. The van der Waals surface area contributed by atoms with Crippen LogP contribution >= 0.6 is 0 Å². The predicted molar refractivity (Wildman–Crippen MR) is 65.3 cm³/mol. The summed E-state index contributed by atoms with van der Waals surface area (Å²) in [6, 6.07) is 5.10. The van der Waals surface area contributed by atoms with Crippen molar-refractivity contribution in [3.05, 3.63) is 29.3 Å². The van der Waals surface area contributed by atoms with Crippen LogP contribution in [0.15, 0.2) is 18.2 Å². The van der Waals surface area contributed by atoms with Crippen LogP contribution in [0, 0.1) is 6.92 Å². The van der Waals surface area contributed by atoms with Crippen LogP contribution in [0.1, 0.15) is 22.8 Å². The molecule has 0 aliphatic carbocycles. The van der Waals surface area contributed by atoms with Gasteiger partial charge in [-0.25, -0.2) is 4.79 Å². The van der Waals surface area contributed by atoms with Crippen LogP contribution in [0.4, 0.5) is 5.69 Å². The minimum atomic E-state index is -0.966. The molecule has 0 saturated carbocycles. The summed E-state index contributed by atoms with van der Waals surface area (Å²) in [6.07, 6.45) is 0. The van der Waals surface area contributed by atoms with Crippen molar-refractivity contribution in [3.8, 4) is 0 Å². The Labute approximate surface area is 99.8 Å². The monoisotopic (exact) mass is 236 g/mol. The van der Waals surface area contributed by atoms with E-state index in [0.29, 0.717) is 18.8 Å². The fourth-order valence-corrected chi connectivity index (χ4v) is 1.43. The van der Waals surface area contributed by atoms with Gasteiger partial charge in [0.25, 0.3) is 0 Å². The number of nitrogens with one attached hydrogen (secondary N) is 2. The molecule has 0 unspecified atom stereocenters. The van der Waals surface area contributed by atoms with Gasteiger partial charge in [-0.3, -0.25) is 4.79 Å². The lowest BCUT2D eigenvalue weighted by Crippen LogP contribution is -2.26. The number of anilines is 1. The molecule has 0 aliphatic heterocycles. The Morgan fingerprint density at radius 3 is 2.59 bits per heavy atom. The Morgan fingerprint density at radius 1 is 1.29 bits per heavy atom. The number of aromatic carboxylic acids is 1. The van der Waals surface area contributed by atoms with Crippen LogP contribution in [-0.2, 0) is 4.79 Å². The summed E-state index contributed by atoms with van der Waals surface area (Å²) in [7, 11) is 0. The van der Waals surface area contributed by atoms with Crippen molar-refractivity contribution in [3.63, 3.8) is 0 Å². The molecule has 0 radical (unpaired) electrons. The fourth-order valence-electron chi connectivity index (χ4n) is 1.43. The fraction of sp³-hybridized carbons (Fsp3) is 0.333. The Hall–Kier alpha value is -2.04. The molecule has 3 N–H and O–H groups in total. The SMILES string of the molecule is CC(=O)NCCNc1cc(C)ccc1C(=O)O. The van der Waals surface area contributed by atoms with Crippen LogP contribution in [0.5, 0.6) is 0 Å². The van der Waals surface area contributed by atoms with E-state index in [1.165, 1.54) is 6.92 Å². The summed E-state index contributed by atoms with van der Waals surface area (Å²) in [5, 5.41) is 14.6. The van der Waals surface area contributed by atoms with Gasteiger partial charge in [0.1, 0.15) is 0 Å². The molecule has 0 heterocycles. The van der Waals surface area contributed by atoms with Gasteiger partial charge in [0, 0.05) is 25.7 Å². The first kappa shape index (κ1) is 13.0. The smallest absolute Gasteiger partial charge is 0.337 e. The van der Waals surface area contributed by atoms with Crippen molar-refractivity contribution in [1.29, 1.82) is 0 Å². The van der Waals surface area contributed by atoms with Crippen LogP contribution in [0.2, 0.25) is 0 Å². The molecule has 0 fully saturated rings. The van der Waals surface area contributed by atoms with Gasteiger partial charge in [-0.05, 0) is 24.6 Å². The number of amides is 1. The molecule has 0 spiro atoms. The normalized spacial score (nSPS) is 9.76. The second-order valence-electron chi connectivity index (χ2n) is 3.76. The van der Waals surface area contributed by atoms with Crippen LogP contribution in [0.3, 0.4) is 0 Å². The molecule has 5 nitrogen and oxygen atoms in total. The number of carboxylic acid groups (broad SMARTS) is 1. The molecule has 0 bridgehead atoms. The number of benzene rings is 1. The van der Waals surface area contributed by atoms with Gasteiger partial charge in [-0.1, -0.05) is 6.07 Å². The molecule has 1 amide bonds. The molecular formula is C12H16N2O3. The third kappa shape index (κ3) is 4.14. The summed E-state index contributed by atoms with van der Waals surface area (Å²) in [6.45, 7) is 4.28. The number of rotatable bonds is 5. The van der Waals surface area contributed by atoms with Crippen molar-refractivity contribution in [2.75, 3.05) is 18.4 Å². The zero-order chi connectivity index (χ0) is 12.8. The lowest BCUT2D eigenvalue weighted by Gasteiger charge is -2.10. The molecule has 0 saturated heterocycles. The Morgan fingerprint density at radius 2 is 2.00 bits per heavy atom. The van der Waals surface area contributed by atoms with Gasteiger partial charge in [-0.2, -0.15) is 0 Å². The van der Waals surface area contributed by atoms with Gasteiger partial charge in [0.2, 0.25) is 5.91 Å². The van der Waals surface area contributed by atoms with E-state index in [1.807, 2.05) is 6.92 Å².